The Kier molecular flexibility index (Phi) is 7.43. The van der Waals surface area contributed by atoms with E-state index in [1.54, 1.807) is 12.3 Å². The first-order chi connectivity index (χ1) is 14.0. The highest BCUT2D eigenvalue weighted by atomic mass is 35.5. The lowest BCUT2D eigenvalue weighted by Crippen LogP contribution is -2.01. The van der Waals surface area contributed by atoms with E-state index in [1.165, 1.54) is 0 Å². The van der Waals surface area contributed by atoms with Gasteiger partial charge in [-0.1, -0.05) is 53.0 Å². The Morgan fingerprint density at radius 1 is 0.931 bits per heavy atom. The topological polar surface area (TPSA) is 30.8 Å². The zero-order valence-electron chi connectivity index (χ0n) is 16.1. The van der Waals surface area contributed by atoms with Crippen molar-refractivity contribution >= 4 is 46.7 Å². The van der Waals surface area contributed by atoms with Gasteiger partial charge in [0.2, 0.25) is 0 Å². The first-order valence-electron chi connectivity index (χ1n) is 9.10. The minimum Gasteiger partial charge on any atom is -0.490 e. The second-order valence-electron chi connectivity index (χ2n) is 6.37. The molecule has 0 bridgehead atoms. The van der Waals surface area contributed by atoms with E-state index >= 15 is 0 Å². The first kappa shape index (κ1) is 21.5. The van der Waals surface area contributed by atoms with Gasteiger partial charge in [-0.2, -0.15) is 0 Å². The van der Waals surface area contributed by atoms with Crippen LogP contribution in [0.3, 0.4) is 0 Å². The Labute approximate surface area is 185 Å². The Morgan fingerprint density at radius 3 is 2.48 bits per heavy atom. The molecule has 0 unspecified atom stereocenters. The van der Waals surface area contributed by atoms with Crippen molar-refractivity contribution in [3.8, 4) is 11.5 Å². The van der Waals surface area contributed by atoms with Gasteiger partial charge in [-0.3, -0.25) is 4.99 Å². The second-order valence-corrected chi connectivity index (χ2v) is 7.62. The highest BCUT2D eigenvalue weighted by Crippen LogP contribution is 2.37. The van der Waals surface area contributed by atoms with Gasteiger partial charge in [0.25, 0.3) is 0 Å². The summed E-state index contributed by atoms with van der Waals surface area (Å²) in [4.78, 5) is 4.47. The van der Waals surface area contributed by atoms with Crippen LogP contribution < -0.4 is 9.47 Å². The summed E-state index contributed by atoms with van der Waals surface area (Å²) < 4.78 is 11.7. The lowest BCUT2D eigenvalue weighted by atomic mass is 10.2. The fourth-order valence-electron chi connectivity index (χ4n) is 2.66. The summed E-state index contributed by atoms with van der Waals surface area (Å²) in [7, 11) is 0. The molecule has 3 aromatic rings. The van der Waals surface area contributed by atoms with E-state index in [0.717, 1.165) is 22.4 Å². The molecule has 0 fully saturated rings. The second kappa shape index (κ2) is 10.0. The molecule has 0 saturated heterocycles. The van der Waals surface area contributed by atoms with E-state index in [4.69, 9.17) is 44.3 Å². The Morgan fingerprint density at radius 2 is 1.76 bits per heavy atom. The van der Waals surface area contributed by atoms with Crippen molar-refractivity contribution in [3.63, 3.8) is 0 Å². The SMILES string of the molecule is CCOc1cc(C=Nc2ccc(C)c(Cl)c2)cc(Cl)c1OCc1cccc(Cl)c1. The number of aryl methyl sites for hydroxylation is 1. The van der Waals surface area contributed by atoms with Crippen LogP contribution in [0.5, 0.6) is 11.5 Å². The minimum atomic E-state index is 0.329. The fraction of sp³-hybridized carbons (Fsp3) is 0.174. The van der Waals surface area contributed by atoms with Crippen LogP contribution in [0, 0.1) is 6.92 Å². The third-order valence-electron chi connectivity index (χ3n) is 4.12. The van der Waals surface area contributed by atoms with Crippen molar-refractivity contribution in [2.75, 3.05) is 6.61 Å². The van der Waals surface area contributed by atoms with Crippen LogP contribution in [0.25, 0.3) is 0 Å². The molecular weight excluding hydrogens is 429 g/mol. The van der Waals surface area contributed by atoms with Crippen molar-refractivity contribution in [1.29, 1.82) is 0 Å². The number of hydrogen-bond acceptors (Lipinski definition) is 3. The highest BCUT2D eigenvalue weighted by Gasteiger charge is 2.13. The number of nitrogens with zero attached hydrogens (tertiary/aromatic N) is 1. The van der Waals surface area contributed by atoms with Gasteiger partial charge in [0.1, 0.15) is 6.61 Å². The first-order valence-corrected chi connectivity index (χ1v) is 10.2. The van der Waals surface area contributed by atoms with Crippen LogP contribution in [0.1, 0.15) is 23.6 Å². The molecule has 0 aliphatic heterocycles. The fourth-order valence-corrected chi connectivity index (χ4v) is 3.32. The largest absolute Gasteiger partial charge is 0.490 e. The molecular formula is C23H20Cl3NO2. The molecule has 0 atom stereocenters. The summed E-state index contributed by atoms with van der Waals surface area (Å²) in [5, 5.41) is 1.78. The number of hydrogen-bond donors (Lipinski definition) is 0. The van der Waals surface area contributed by atoms with Crippen LogP contribution in [-0.4, -0.2) is 12.8 Å². The minimum absolute atomic E-state index is 0.329. The summed E-state index contributed by atoms with van der Waals surface area (Å²) >= 11 is 18.7. The maximum absolute atomic E-state index is 6.48. The zero-order valence-corrected chi connectivity index (χ0v) is 18.4. The van der Waals surface area contributed by atoms with Gasteiger partial charge in [-0.05, 0) is 66.9 Å². The van der Waals surface area contributed by atoms with E-state index in [-0.39, 0.29) is 0 Å². The maximum atomic E-state index is 6.48. The molecule has 3 rings (SSSR count). The molecule has 0 saturated carbocycles. The lowest BCUT2D eigenvalue weighted by molar-refractivity contribution is 0.269. The average molecular weight is 449 g/mol. The van der Waals surface area contributed by atoms with Gasteiger partial charge in [0.15, 0.2) is 11.5 Å². The monoisotopic (exact) mass is 447 g/mol. The van der Waals surface area contributed by atoms with Crippen molar-refractivity contribution in [1.82, 2.24) is 0 Å². The molecule has 0 aliphatic carbocycles. The summed E-state index contributed by atoms with van der Waals surface area (Å²) in [6, 6.07) is 16.8. The molecule has 0 radical (unpaired) electrons. The normalized spacial score (nSPS) is 11.1. The Bertz CT molecular complexity index is 1030. The molecule has 3 nitrogen and oxygen atoms in total. The Balaban J connectivity index is 1.83. The third kappa shape index (κ3) is 5.89. The van der Waals surface area contributed by atoms with Crippen molar-refractivity contribution < 1.29 is 9.47 Å². The molecule has 0 spiro atoms. The van der Waals surface area contributed by atoms with E-state index in [1.807, 2.05) is 62.4 Å². The van der Waals surface area contributed by atoms with Crippen molar-refractivity contribution in [2.24, 2.45) is 4.99 Å². The van der Waals surface area contributed by atoms with E-state index in [0.29, 0.717) is 39.8 Å². The molecule has 6 heteroatoms. The van der Waals surface area contributed by atoms with Gasteiger partial charge < -0.3 is 9.47 Å². The van der Waals surface area contributed by atoms with Crippen LogP contribution in [-0.2, 0) is 6.61 Å². The van der Waals surface area contributed by atoms with Gasteiger partial charge in [0, 0.05) is 16.3 Å². The van der Waals surface area contributed by atoms with Crippen LogP contribution in [0.2, 0.25) is 15.1 Å². The summed E-state index contributed by atoms with van der Waals surface area (Å²) in [6.45, 7) is 4.67. The molecule has 29 heavy (non-hydrogen) atoms. The molecule has 0 amide bonds. The number of halogens is 3. The molecule has 150 valence electrons. The predicted molar refractivity (Wildman–Crippen MR) is 122 cm³/mol. The Hall–Kier alpha value is -2.20. The number of ether oxygens (including phenoxy) is 2. The molecule has 0 aromatic heterocycles. The van der Waals surface area contributed by atoms with Crippen LogP contribution in [0.4, 0.5) is 5.69 Å². The zero-order chi connectivity index (χ0) is 20.8. The van der Waals surface area contributed by atoms with Gasteiger partial charge in [0.05, 0.1) is 17.3 Å². The third-order valence-corrected chi connectivity index (χ3v) is 5.05. The number of aliphatic imine (C=N–C) groups is 1. The molecule has 0 aliphatic rings. The smallest absolute Gasteiger partial charge is 0.180 e. The highest BCUT2D eigenvalue weighted by molar-refractivity contribution is 6.32. The molecule has 0 N–H and O–H groups in total. The summed E-state index contributed by atoms with van der Waals surface area (Å²) in [6.07, 6.45) is 1.72. The maximum Gasteiger partial charge on any atom is 0.180 e. The number of benzene rings is 3. The average Bonchev–Trinajstić information content (AvgIpc) is 2.68. The summed E-state index contributed by atoms with van der Waals surface area (Å²) in [5.74, 6) is 1.05. The van der Waals surface area contributed by atoms with E-state index in [2.05, 4.69) is 4.99 Å². The predicted octanol–water partition coefficient (Wildman–Crippen LogP) is 7.68. The number of rotatable bonds is 7. The van der Waals surface area contributed by atoms with Crippen molar-refractivity contribution in [3.05, 3.63) is 86.4 Å². The van der Waals surface area contributed by atoms with E-state index in [9.17, 15) is 0 Å². The van der Waals surface area contributed by atoms with Crippen molar-refractivity contribution in [2.45, 2.75) is 20.5 Å². The van der Waals surface area contributed by atoms with Gasteiger partial charge >= 0.3 is 0 Å². The van der Waals surface area contributed by atoms with Crippen LogP contribution >= 0.6 is 34.8 Å². The lowest BCUT2D eigenvalue weighted by Gasteiger charge is -2.14. The molecule has 3 aromatic carbocycles. The summed E-state index contributed by atoms with van der Waals surface area (Å²) in [5.41, 5.74) is 3.51. The molecule has 0 heterocycles. The van der Waals surface area contributed by atoms with Gasteiger partial charge in [-0.15, -0.1) is 0 Å². The standard InChI is InChI=1S/C23H20Cl3NO2/c1-3-28-22-11-17(13-27-19-8-7-15(2)20(25)12-19)10-21(26)23(22)29-14-16-5-4-6-18(24)9-16/h4-13H,3,14H2,1-2H3. The van der Waals surface area contributed by atoms with E-state index < -0.39 is 0 Å². The quantitative estimate of drug-likeness (QED) is 0.347. The van der Waals surface area contributed by atoms with Crippen LogP contribution in [0.15, 0.2) is 59.6 Å². The van der Waals surface area contributed by atoms with Gasteiger partial charge in [-0.25, -0.2) is 0 Å².